The largest absolute Gasteiger partial charge is 0.481 e. The maximum Gasteiger partial charge on any atom is 0.305 e. The summed E-state index contributed by atoms with van der Waals surface area (Å²) in [5.41, 5.74) is 0.639. The van der Waals surface area contributed by atoms with Crippen LogP contribution in [0.4, 0.5) is 0 Å². The van der Waals surface area contributed by atoms with Gasteiger partial charge in [0.15, 0.2) is 0 Å². The van der Waals surface area contributed by atoms with Crippen LogP contribution in [0.2, 0.25) is 0 Å². The lowest BCUT2D eigenvalue weighted by Gasteiger charge is -2.50. The van der Waals surface area contributed by atoms with Crippen molar-refractivity contribution in [2.75, 3.05) is 19.6 Å². The molecule has 1 aliphatic rings. The molecule has 20 heavy (non-hydrogen) atoms. The van der Waals surface area contributed by atoms with E-state index in [2.05, 4.69) is 21.3 Å². The van der Waals surface area contributed by atoms with E-state index in [-0.39, 0.29) is 6.42 Å². The number of nitrogens with one attached hydrogen (secondary N) is 1. The van der Waals surface area contributed by atoms with Crippen LogP contribution in [0.5, 0.6) is 0 Å². The van der Waals surface area contributed by atoms with E-state index in [9.17, 15) is 4.79 Å². The first-order valence-corrected chi connectivity index (χ1v) is 6.60. The zero-order chi connectivity index (χ0) is 14.4. The zero-order valence-electron chi connectivity index (χ0n) is 11.2. The van der Waals surface area contributed by atoms with E-state index in [1.54, 1.807) is 12.4 Å². The van der Waals surface area contributed by atoms with E-state index in [0.717, 1.165) is 5.56 Å². The van der Waals surface area contributed by atoms with Crippen molar-refractivity contribution < 1.29 is 9.90 Å². The molecular formula is C14H18N4O2. The average Bonchev–Trinajstić information content (AvgIpc) is 2.40. The van der Waals surface area contributed by atoms with Gasteiger partial charge in [-0.05, 0) is 11.6 Å². The van der Waals surface area contributed by atoms with Crippen LogP contribution in [0.25, 0.3) is 0 Å². The molecule has 0 aliphatic carbocycles. The third-order valence-electron chi connectivity index (χ3n) is 3.65. The summed E-state index contributed by atoms with van der Waals surface area (Å²) < 4.78 is 0. The zero-order valence-corrected chi connectivity index (χ0v) is 11.2. The predicted octanol–water partition coefficient (Wildman–Crippen LogP) is 0.614. The first kappa shape index (κ1) is 14.4. The highest BCUT2D eigenvalue weighted by atomic mass is 16.4. The summed E-state index contributed by atoms with van der Waals surface area (Å²) in [5.74, 6) is -0.806. The second-order valence-electron chi connectivity index (χ2n) is 5.09. The van der Waals surface area contributed by atoms with E-state index in [1.807, 2.05) is 12.1 Å². The Morgan fingerprint density at radius 2 is 2.40 bits per heavy atom. The van der Waals surface area contributed by atoms with E-state index >= 15 is 0 Å². The van der Waals surface area contributed by atoms with Gasteiger partial charge in [-0.1, -0.05) is 6.07 Å². The molecule has 1 aromatic rings. The summed E-state index contributed by atoms with van der Waals surface area (Å²) in [7, 11) is 0. The third kappa shape index (κ3) is 3.32. The summed E-state index contributed by atoms with van der Waals surface area (Å²) in [6, 6.07) is 5.96. The van der Waals surface area contributed by atoms with Crippen LogP contribution in [0.15, 0.2) is 24.5 Å². The van der Waals surface area contributed by atoms with Crippen molar-refractivity contribution in [3.8, 4) is 6.07 Å². The number of carbonyl (C=O) groups is 1. The molecule has 1 aromatic heterocycles. The molecule has 0 unspecified atom stereocenters. The van der Waals surface area contributed by atoms with Crippen LogP contribution < -0.4 is 5.32 Å². The van der Waals surface area contributed by atoms with Gasteiger partial charge in [0.1, 0.15) is 0 Å². The molecule has 2 rings (SSSR count). The van der Waals surface area contributed by atoms with Crippen LogP contribution in [0, 0.1) is 11.3 Å². The number of hydrogen-bond donors (Lipinski definition) is 2. The summed E-state index contributed by atoms with van der Waals surface area (Å²) >= 11 is 0. The number of hydrogen-bond acceptors (Lipinski definition) is 5. The molecule has 1 aliphatic heterocycles. The van der Waals surface area contributed by atoms with Crippen molar-refractivity contribution in [3.05, 3.63) is 30.1 Å². The second kappa shape index (κ2) is 6.46. The Kier molecular flexibility index (Phi) is 4.66. The topological polar surface area (TPSA) is 89.2 Å². The molecule has 0 amide bonds. The molecule has 1 fully saturated rings. The van der Waals surface area contributed by atoms with Crippen molar-refractivity contribution in [3.63, 3.8) is 0 Å². The highest BCUT2D eigenvalue weighted by Gasteiger charge is 2.44. The Hall–Kier alpha value is -1.97. The quantitative estimate of drug-likeness (QED) is 0.757. The fraction of sp³-hybridized carbons (Fsp3) is 0.500. The van der Waals surface area contributed by atoms with Crippen LogP contribution in [-0.2, 0) is 11.3 Å². The maximum atomic E-state index is 11.1. The highest BCUT2D eigenvalue weighted by molar-refractivity contribution is 5.68. The molecule has 1 saturated heterocycles. The summed E-state index contributed by atoms with van der Waals surface area (Å²) in [4.78, 5) is 17.3. The third-order valence-corrected chi connectivity index (χ3v) is 3.65. The monoisotopic (exact) mass is 274 g/mol. The normalized spacial score (nSPS) is 16.4. The number of nitriles is 1. The van der Waals surface area contributed by atoms with Crippen LogP contribution in [0.3, 0.4) is 0 Å². The first-order chi connectivity index (χ1) is 9.66. The number of aromatic nitrogens is 1. The Morgan fingerprint density at radius 3 is 2.90 bits per heavy atom. The molecule has 106 valence electrons. The number of carboxylic acid groups (broad SMARTS) is 1. The number of rotatable bonds is 7. The predicted molar refractivity (Wildman–Crippen MR) is 72.7 cm³/mol. The molecule has 2 heterocycles. The molecule has 0 saturated carbocycles. The molecular weight excluding hydrogens is 256 g/mol. The van der Waals surface area contributed by atoms with Gasteiger partial charge in [0.05, 0.1) is 18.0 Å². The maximum absolute atomic E-state index is 11.1. The standard InChI is InChI=1S/C14H18N4O2/c15-4-2-6-18(9-12-3-1-5-16-8-12)14(7-13(19)20)10-17-11-14/h1,3,5,8,17H,2,6-7,9-11H2,(H,19,20). The van der Waals surface area contributed by atoms with Gasteiger partial charge in [0.2, 0.25) is 0 Å². The molecule has 0 radical (unpaired) electrons. The average molecular weight is 274 g/mol. The molecule has 0 aromatic carbocycles. The van der Waals surface area contributed by atoms with E-state index < -0.39 is 11.5 Å². The lowest BCUT2D eigenvalue weighted by atomic mass is 9.85. The van der Waals surface area contributed by atoms with Crippen LogP contribution in [0.1, 0.15) is 18.4 Å². The van der Waals surface area contributed by atoms with Crippen LogP contribution in [-0.4, -0.2) is 46.1 Å². The summed E-state index contributed by atoms with van der Waals surface area (Å²) in [6.07, 6.45) is 3.97. The van der Waals surface area contributed by atoms with E-state index in [4.69, 9.17) is 10.4 Å². The van der Waals surface area contributed by atoms with Gasteiger partial charge in [-0.3, -0.25) is 14.7 Å². The van der Waals surface area contributed by atoms with Crippen molar-refractivity contribution in [1.29, 1.82) is 5.26 Å². The molecule has 2 N–H and O–H groups in total. The second-order valence-corrected chi connectivity index (χ2v) is 5.09. The van der Waals surface area contributed by atoms with Gasteiger partial charge in [0, 0.05) is 45.0 Å². The molecule has 0 bridgehead atoms. The number of carboxylic acids is 1. The minimum atomic E-state index is -0.806. The summed E-state index contributed by atoms with van der Waals surface area (Å²) in [6.45, 7) is 2.47. The van der Waals surface area contributed by atoms with Gasteiger partial charge < -0.3 is 10.4 Å². The van der Waals surface area contributed by atoms with Gasteiger partial charge >= 0.3 is 5.97 Å². The van der Waals surface area contributed by atoms with Crippen LogP contribution >= 0.6 is 0 Å². The molecule has 0 atom stereocenters. The summed E-state index contributed by atoms with van der Waals surface area (Å²) in [5, 5.41) is 21.1. The van der Waals surface area contributed by atoms with Crippen molar-refractivity contribution in [2.45, 2.75) is 24.9 Å². The molecule has 6 nitrogen and oxygen atoms in total. The van der Waals surface area contributed by atoms with Crippen molar-refractivity contribution in [2.24, 2.45) is 0 Å². The smallest absolute Gasteiger partial charge is 0.305 e. The Labute approximate surface area is 118 Å². The van der Waals surface area contributed by atoms with Gasteiger partial charge in [-0.2, -0.15) is 5.26 Å². The fourth-order valence-electron chi connectivity index (χ4n) is 2.54. The van der Waals surface area contributed by atoms with Crippen molar-refractivity contribution >= 4 is 5.97 Å². The number of nitrogens with zero attached hydrogens (tertiary/aromatic N) is 3. The minimum Gasteiger partial charge on any atom is -0.481 e. The fourth-order valence-corrected chi connectivity index (χ4v) is 2.54. The lowest BCUT2D eigenvalue weighted by Crippen LogP contribution is -2.69. The lowest BCUT2D eigenvalue weighted by molar-refractivity contribution is -0.142. The Morgan fingerprint density at radius 1 is 1.60 bits per heavy atom. The SMILES string of the molecule is N#CCCN(Cc1cccnc1)C1(CC(=O)O)CNC1. The Bertz CT molecular complexity index is 494. The van der Waals surface area contributed by atoms with Gasteiger partial charge in [-0.15, -0.1) is 0 Å². The Balaban J connectivity index is 2.13. The van der Waals surface area contributed by atoms with E-state index in [0.29, 0.717) is 32.6 Å². The first-order valence-electron chi connectivity index (χ1n) is 6.60. The molecule has 6 heteroatoms. The number of aliphatic carboxylic acids is 1. The minimum absolute atomic E-state index is 0.0890. The van der Waals surface area contributed by atoms with Gasteiger partial charge in [-0.25, -0.2) is 0 Å². The number of pyridine rings is 1. The molecule has 0 spiro atoms. The highest BCUT2D eigenvalue weighted by Crippen LogP contribution is 2.27. The van der Waals surface area contributed by atoms with E-state index in [1.165, 1.54) is 0 Å². The van der Waals surface area contributed by atoms with Crippen molar-refractivity contribution in [1.82, 2.24) is 15.2 Å². The van der Waals surface area contributed by atoms with Gasteiger partial charge in [0.25, 0.3) is 0 Å².